The van der Waals surface area contributed by atoms with Gasteiger partial charge in [0.25, 0.3) is 0 Å². The lowest BCUT2D eigenvalue weighted by atomic mass is 10.2. The molecule has 0 amide bonds. The van der Waals surface area contributed by atoms with Crippen molar-refractivity contribution in [1.82, 2.24) is 9.21 Å². The van der Waals surface area contributed by atoms with Gasteiger partial charge in [0, 0.05) is 19.2 Å². The molecular formula is C15H22N2O3S. The van der Waals surface area contributed by atoms with Gasteiger partial charge in [-0.05, 0) is 51.3 Å². The second-order valence-electron chi connectivity index (χ2n) is 4.97. The second kappa shape index (κ2) is 8.15. The average molecular weight is 310 g/mol. The highest BCUT2D eigenvalue weighted by Crippen LogP contribution is 2.15. The SMILES string of the molecule is CN(C)CCCN(C)S(=O)(=O)c1ccc(C#CCO)cc1. The van der Waals surface area contributed by atoms with Crippen LogP contribution in [0.3, 0.4) is 0 Å². The molecule has 0 aliphatic rings. The zero-order valence-corrected chi connectivity index (χ0v) is 13.5. The molecule has 0 aromatic heterocycles. The van der Waals surface area contributed by atoms with Gasteiger partial charge < -0.3 is 10.0 Å². The molecule has 116 valence electrons. The molecule has 0 aliphatic heterocycles. The Morgan fingerprint density at radius 1 is 1.10 bits per heavy atom. The first-order chi connectivity index (χ1) is 9.87. The molecule has 0 saturated carbocycles. The third kappa shape index (κ3) is 5.48. The highest BCUT2D eigenvalue weighted by atomic mass is 32.2. The first kappa shape index (κ1) is 17.7. The smallest absolute Gasteiger partial charge is 0.242 e. The van der Waals surface area contributed by atoms with Crippen LogP contribution in [0.15, 0.2) is 29.2 Å². The van der Waals surface area contributed by atoms with Crippen molar-refractivity contribution in [3.8, 4) is 11.8 Å². The van der Waals surface area contributed by atoms with Crippen molar-refractivity contribution < 1.29 is 13.5 Å². The summed E-state index contributed by atoms with van der Waals surface area (Å²) in [5, 5.41) is 8.63. The van der Waals surface area contributed by atoms with Gasteiger partial charge in [-0.25, -0.2) is 12.7 Å². The summed E-state index contributed by atoms with van der Waals surface area (Å²) in [5.41, 5.74) is 0.679. The maximum absolute atomic E-state index is 12.4. The highest BCUT2D eigenvalue weighted by molar-refractivity contribution is 7.89. The number of aliphatic hydroxyl groups excluding tert-OH is 1. The largest absolute Gasteiger partial charge is 0.384 e. The molecule has 0 bridgehead atoms. The fourth-order valence-corrected chi connectivity index (χ4v) is 2.97. The number of hydrogen-bond acceptors (Lipinski definition) is 4. The minimum absolute atomic E-state index is 0.214. The van der Waals surface area contributed by atoms with E-state index in [1.54, 1.807) is 31.3 Å². The molecular weight excluding hydrogens is 288 g/mol. The summed E-state index contributed by atoms with van der Waals surface area (Å²) in [6, 6.07) is 6.37. The number of aliphatic hydroxyl groups is 1. The van der Waals surface area contributed by atoms with Crippen LogP contribution in [0.1, 0.15) is 12.0 Å². The van der Waals surface area contributed by atoms with Gasteiger partial charge in [-0.2, -0.15) is 0 Å². The Morgan fingerprint density at radius 2 is 1.71 bits per heavy atom. The summed E-state index contributed by atoms with van der Waals surface area (Å²) in [6.07, 6.45) is 0.781. The molecule has 0 fully saturated rings. The van der Waals surface area contributed by atoms with Gasteiger partial charge in [0.15, 0.2) is 0 Å². The monoisotopic (exact) mass is 310 g/mol. The quantitative estimate of drug-likeness (QED) is 0.782. The topological polar surface area (TPSA) is 60.9 Å². The van der Waals surface area contributed by atoms with E-state index < -0.39 is 10.0 Å². The summed E-state index contributed by atoms with van der Waals surface area (Å²) in [6.45, 7) is 1.11. The van der Waals surface area contributed by atoms with Gasteiger partial charge >= 0.3 is 0 Å². The van der Waals surface area contributed by atoms with E-state index in [9.17, 15) is 8.42 Å². The van der Waals surface area contributed by atoms with Gasteiger partial charge in [0.05, 0.1) is 4.90 Å². The fourth-order valence-electron chi connectivity index (χ4n) is 1.76. The van der Waals surface area contributed by atoms with Crippen LogP contribution < -0.4 is 0 Å². The Hall–Kier alpha value is -1.39. The maximum atomic E-state index is 12.4. The third-order valence-electron chi connectivity index (χ3n) is 2.95. The molecule has 1 aromatic rings. The minimum Gasteiger partial charge on any atom is -0.384 e. The molecule has 5 nitrogen and oxygen atoms in total. The Morgan fingerprint density at radius 3 is 2.24 bits per heavy atom. The molecule has 0 spiro atoms. The molecule has 0 atom stereocenters. The van der Waals surface area contributed by atoms with E-state index in [-0.39, 0.29) is 11.5 Å². The van der Waals surface area contributed by atoms with Crippen LogP contribution in [0, 0.1) is 11.8 Å². The van der Waals surface area contributed by atoms with E-state index in [0.29, 0.717) is 12.1 Å². The number of sulfonamides is 1. The summed E-state index contributed by atoms with van der Waals surface area (Å²) < 4.78 is 26.1. The summed E-state index contributed by atoms with van der Waals surface area (Å²) in [7, 11) is 2.05. The number of rotatable bonds is 6. The van der Waals surface area contributed by atoms with Crippen LogP contribution in [-0.4, -0.2) is 63.6 Å². The van der Waals surface area contributed by atoms with Gasteiger partial charge in [0.1, 0.15) is 6.61 Å². The Labute approximate surface area is 127 Å². The standard InChI is InChI=1S/C15H22N2O3S/c1-16(2)11-5-12-17(3)21(19,20)15-9-7-14(8-10-15)6-4-13-18/h7-10,18H,5,11-13H2,1-3H3. The summed E-state index contributed by atoms with van der Waals surface area (Å²) in [4.78, 5) is 2.28. The van der Waals surface area contributed by atoms with Crippen molar-refractivity contribution in [2.75, 3.05) is 40.8 Å². The van der Waals surface area contributed by atoms with Crippen LogP contribution in [0.4, 0.5) is 0 Å². The lowest BCUT2D eigenvalue weighted by Gasteiger charge is -2.18. The van der Waals surface area contributed by atoms with Crippen LogP contribution in [0.25, 0.3) is 0 Å². The molecule has 21 heavy (non-hydrogen) atoms. The fraction of sp³-hybridized carbons (Fsp3) is 0.467. The zero-order valence-electron chi connectivity index (χ0n) is 12.7. The van der Waals surface area contributed by atoms with Crippen LogP contribution in [-0.2, 0) is 10.0 Å². The third-order valence-corrected chi connectivity index (χ3v) is 4.82. The predicted octanol–water partition coefficient (Wildman–Crippen LogP) is 0.603. The maximum Gasteiger partial charge on any atom is 0.242 e. The van der Waals surface area contributed by atoms with Crippen molar-refractivity contribution >= 4 is 10.0 Å². The first-order valence-electron chi connectivity index (χ1n) is 6.69. The zero-order chi connectivity index (χ0) is 15.9. The van der Waals surface area contributed by atoms with Crippen molar-refractivity contribution in [3.05, 3.63) is 29.8 Å². The molecule has 6 heteroatoms. The predicted molar refractivity (Wildman–Crippen MR) is 83.4 cm³/mol. The Balaban J connectivity index is 2.77. The number of benzene rings is 1. The van der Waals surface area contributed by atoms with Crippen molar-refractivity contribution in [2.45, 2.75) is 11.3 Å². The van der Waals surface area contributed by atoms with E-state index >= 15 is 0 Å². The van der Waals surface area contributed by atoms with Crippen molar-refractivity contribution in [1.29, 1.82) is 0 Å². The molecule has 0 unspecified atom stereocenters. The minimum atomic E-state index is -3.46. The molecule has 1 aromatic carbocycles. The second-order valence-corrected chi connectivity index (χ2v) is 7.01. The van der Waals surface area contributed by atoms with Gasteiger partial charge in [0.2, 0.25) is 10.0 Å². The first-order valence-corrected chi connectivity index (χ1v) is 8.13. The van der Waals surface area contributed by atoms with Crippen LogP contribution >= 0.6 is 0 Å². The van der Waals surface area contributed by atoms with E-state index in [4.69, 9.17) is 5.11 Å². The Bertz CT molecular complexity index is 598. The highest BCUT2D eigenvalue weighted by Gasteiger charge is 2.19. The number of nitrogens with zero attached hydrogens (tertiary/aromatic N) is 2. The summed E-state index contributed by atoms with van der Waals surface area (Å²) in [5.74, 6) is 5.26. The molecule has 1 rings (SSSR count). The lowest BCUT2D eigenvalue weighted by Crippen LogP contribution is -2.29. The van der Waals surface area contributed by atoms with Crippen molar-refractivity contribution in [3.63, 3.8) is 0 Å². The molecule has 1 N–H and O–H groups in total. The normalized spacial score (nSPS) is 11.5. The molecule has 0 heterocycles. The van der Waals surface area contributed by atoms with Gasteiger partial charge in [-0.15, -0.1) is 0 Å². The van der Waals surface area contributed by atoms with Crippen molar-refractivity contribution in [2.24, 2.45) is 0 Å². The van der Waals surface area contributed by atoms with Crippen LogP contribution in [0.2, 0.25) is 0 Å². The Kier molecular flexibility index (Phi) is 6.85. The lowest BCUT2D eigenvalue weighted by molar-refractivity contribution is 0.350. The average Bonchev–Trinajstić information content (AvgIpc) is 2.45. The van der Waals surface area contributed by atoms with Gasteiger partial charge in [-0.3, -0.25) is 0 Å². The van der Waals surface area contributed by atoms with E-state index in [0.717, 1.165) is 13.0 Å². The molecule has 0 saturated heterocycles. The van der Waals surface area contributed by atoms with E-state index in [1.165, 1.54) is 4.31 Å². The van der Waals surface area contributed by atoms with Gasteiger partial charge in [-0.1, -0.05) is 11.8 Å². The number of hydrogen-bond donors (Lipinski definition) is 1. The molecule has 0 radical (unpaired) electrons. The van der Waals surface area contributed by atoms with E-state index in [2.05, 4.69) is 11.8 Å². The summed E-state index contributed by atoms with van der Waals surface area (Å²) >= 11 is 0. The van der Waals surface area contributed by atoms with Crippen LogP contribution in [0.5, 0.6) is 0 Å². The van der Waals surface area contributed by atoms with E-state index in [1.807, 2.05) is 19.0 Å². The molecule has 0 aliphatic carbocycles.